The van der Waals surface area contributed by atoms with Gasteiger partial charge in [0.25, 0.3) is 0 Å². The van der Waals surface area contributed by atoms with E-state index >= 15 is 0 Å². The van der Waals surface area contributed by atoms with Gasteiger partial charge in [0.15, 0.2) is 0 Å². The first-order valence-corrected chi connectivity index (χ1v) is 12.5. The van der Waals surface area contributed by atoms with Crippen molar-refractivity contribution in [2.75, 3.05) is 13.1 Å². The summed E-state index contributed by atoms with van der Waals surface area (Å²) in [6.45, 7) is 7.87. The Morgan fingerprint density at radius 2 is 1.89 bits per heavy atom. The van der Waals surface area contributed by atoms with Crippen molar-refractivity contribution in [2.45, 2.75) is 82.9 Å². The minimum Gasteiger partial charge on any atom is -0.405 e. The van der Waals surface area contributed by atoms with Crippen molar-refractivity contribution in [3.8, 4) is 0 Å². The minimum absolute atomic E-state index is 0. The summed E-state index contributed by atoms with van der Waals surface area (Å²) in [7, 11) is -0.422. The second kappa shape index (κ2) is 12.1. The lowest BCUT2D eigenvalue weighted by Crippen LogP contribution is -2.65. The third-order valence-electron chi connectivity index (χ3n) is 8.61. The van der Waals surface area contributed by atoms with Gasteiger partial charge in [-0.2, -0.15) is 0 Å². The molecule has 10 heteroatoms. The lowest BCUT2D eigenvalue weighted by atomic mass is 9.43. The van der Waals surface area contributed by atoms with E-state index in [0.717, 1.165) is 24.8 Å². The third kappa shape index (κ3) is 6.16. The van der Waals surface area contributed by atoms with Crippen LogP contribution in [0.5, 0.6) is 0 Å². The number of carbonyl (C=O) groups excluding carboxylic acids is 1. The van der Waals surface area contributed by atoms with E-state index in [-0.39, 0.29) is 59.5 Å². The Kier molecular flexibility index (Phi) is 10.5. The standard InChI is InChI=1S/C25H39BFN3O3.2ClH/c1-24(2)17-13-21(24)25(3)22(14-17)32-26(33-25)18(12-16-7-9-19(27)10-8-16)15-30-23(31)20(29)6-4-5-11-28;;/h7-10,17-18,20-22H,4-6,11-15,28-29H2,1-3H3,(H,30,31);2*1H/t17?,18-,20+,21?,22?,25-;;/m1../s1. The highest BCUT2D eigenvalue weighted by atomic mass is 35.5. The minimum atomic E-state index is -0.554. The molecule has 3 saturated carbocycles. The second-order valence-electron chi connectivity index (χ2n) is 11.1. The van der Waals surface area contributed by atoms with Crippen LogP contribution >= 0.6 is 24.8 Å². The number of nitrogens with two attached hydrogens (primary N) is 2. The van der Waals surface area contributed by atoms with E-state index < -0.39 is 13.2 Å². The molecule has 1 aromatic rings. The molecule has 0 spiro atoms. The van der Waals surface area contributed by atoms with Gasteiger partial charge >= 0.3 is 7.12 Å². The number of nitrogens with one attached hydrogen (secondary N) is 1. The van der Waals surface area contributed by atoms with Crippen molar-refractivity contribution in [3.05, 3.63) is 35.6 Å². The quantitative estimate of drug-likeness (QED) is 0.314. The highest BCUT2D eigenvalue weighted by Gasteiger charge is 2.68. The molecule has 1 aromatic carbocycles. The van der Waals surface area contributed by atoms with Crippen LogP contribution < -0.4 is 16.8 Å². The molecule has 1 saturated heterocycles. The Hall–Kier alpha value is -0.895. The highest BCUT2D eigenvalue weighted by Crippen LogP contribution is 2.66. The lowest BCUT2D eigenvalue weighted by Gasteiger charge is -2.64. The number of hydrogen-bond acceptors (Lipinski definition) is 5. The fraction of sp³-hybridized carbons (Fsp3) is 0.720. The van der Waals surface area contributed by atoms with Crippen LogP contribution in [-0.2, 0) is 20.5 Å². The zero-order valence-corrected chi connectivity index (χ0v) is 22.6. The molecule has 3 aliphatic carbocycles. The molecule has 1 amide bonds. The molecule has 6 atom stereocenters. The summed E-state index contributed by atoms with van der Waals surface area (Å²) < 4.78 is 26.6. The number of rotatable bonds is 10. The van der Waals surface area contributed by atoms with Crippen LogP contribution in [0.4, 0.5) is 4.39 Å². The van der Waals surface area contributed by atoms with E-state index in [9.17, 15) is 9.18 Å². The van der Waals surface area contributed by atoms with Crippen LogP contribution in [0.2, 0.25) is 5.82 Å². The molecule has 5 rings (SSSR count). The molecular weight excluding hydrogens is 491 g/mol. The zero-order valence-electron chi connectivity index (χ0n) is 21.0. The Bertz CT molecular complexity index is 850. The van der Waals surface area contributed by atoms with Crippen molar-refractivity contribution in [1.82, 2.24) is 5.32 Å². The van der Waals surface area contributed by atoms with Gasteiger partial charge in [-0.3, -0.25) is 4.79 Å². The Morgan fingerprint density at radius 1 is 1.20 bits per heavy atom. The van der Waals surface area contributed by atoms with Gasteiger partial charge in [0.2, 0.25) is 5.91 Å². The molecular formula is C25H41BCl2FN3O3. The number of amides is 1. The van der Waals surface area contributed by atoms with Crippen LogP contribution in [-0.4, -0.2) is 43.9 Å². The highest BCUT2D eigenvalue weighted by molar-refractivity contribution is 6.47. The predicted octanol–water partition coefficient (Wildman–Crippen LogP) is 3.88. The Balaban J connectivity index is 0.00000216. The number of carbonyl (C=O) groups is 1. The van der Waals surface area contributed by atoms with Gasteiger partial charge in [0, 0.05) is 12.4 Å². The summed E-state index contributed by atoms with van der Waals surface area (Å²) in [6.07, 6.45) is 5.19. The molecule has 3 unspecified atom stereocenters. The van der Waals surface area contributed by atoms with E-state index in [1.165, 1.54) is 18.6 Å². The lowest BCUT2D eigenvalue weighted by molar-refractivity contribution is -0.199. The molecule has 198 valence electrons. The van der Waals surface area contributed by atoms with Gasteiger partial charge in [-0.15, -0.1) is 24.8 Å². The fourth-order valence-electron chi connectivity index (χ4n) is 6.29. The molecule has 1 aliphatic heterocycles. The van der Waals surface area contributed by atoms with Crippen LogP contribution in [0.25, 0.3) is 0 Å². The van der Waals surface area contributed by atoms with Crippen molar-refractivity contribution < 1.29 is 18.5 Å². The van der Waals surface area contributed by atoms with Crippen molar-refractivity contribution in [2.24, 2.45) is 28.7 Å². The first-order valence-electron chi connectivity index (χ1n) is 12.5. The molecule has 2 bridgehead atoms. The summed E-state index contributed by atoms with van der Waals surface area (Å²) in [6, 6.07) is 5.95. The number of unbranched alkanes of at least 4 members (excludes halogenated alkanes) is 1. The molecule has 5 N–H and O–H groups in total. The molecule has 0 radical (unpaired) electrons. The van der Waals surface area contributed by atoms with Crippen molar-refractivity contribution >= 4 is 37.8 Å². The smallest absolute Gasteiger partial charge is 0.405 e. The molecule has 6 nitrogen and oxygen atoms in total. The monoisotopic (exact) mass is 531 g/mol. The van der Waals surface area contributed by atoms with Crippen molar-refractivity contribution in [3.63, 3.8) is 0 Å². The maximum atomic E-state index is 13.4. The van der Waals surface area contributed by atoms with Gasteiger partial charge < -0.3 is 26.1 Å². The average Bonchev–Trinajstić information content (AvgIpc) is 3.14. The summed E-state index contributed by atoms with van der Waals surface area (Å²) in [5.41, 5.74) is 12.6. The van der Waals surface area contributed by atoms with Crippen LogP contribution in [0, 0.1) is 23.1 Å². The fourth-order valence-corrected chi connectivity index (χ4v) is 6.29. The normalized spacial score (nSPS) is 29.7. The van der Waals surface area contributed by atoms with Crippen molar-refractivity contribution in [1.29, 1.82) is 0 Å². The first kappa shape index (κ1) is 30.3. The van der Waals surface area contributed by atoms with Gasteiger partial charge in [0.05, 0.1) is 17.7 Å². The van der Waals surface area contributed by atoms with Crippen LogP contribution in [0.3, 0.4) is 0 Å². The van der Waals surface area contributed by atoms with E-state index in [1.54, 1.807) is 12.1 Å². The van der Waals surface area contributed by atoms with Crippen LogP contribution in [0.15, 0.2) is 24.3 Å². The van der Waals surface area contributed by atoms with Gasteiger partial charge in [0.1, 0.15) is 5.82 Å². The van der Waals surface area contributed by atoms with E-state index in [1.807, 2.05) is 0 Å². The first-order chi connectivity index (χ1) is 15.6. The SMILES string of the molecule is CC1(C)C2CC3OB([C@@H](CNC(=O)[C@@H](N)CCCCN)Cc4ccc(F)cc4)O[C@]3(C)C1C2.Cl.Cl. The summed E-state index contributed by atoms with van der Waals surface area (Å²) in [4.78, 5) is 12.6. The maximum absolute atomic E-state index is 13.4. The summed E-state index contributed by atoms with van der Waals surface area (Å²) in [5, 5.41) is 3.02. The largest absolute Gasteiger partial charge is 0.463 e. The Labute approximate surface area is 221 Å². The summed E-state index contributed by atoms with van der Waals surface area (Å²) >= 11 is 0. The summed E-state index contributed by atoms with van der Waals surface area (Å²) in [5.74, 6) is 0.612. The molecule has 4 fully saturated rings. The van der Waals surface area contributed by atoms with Gasteiger partial charge in [-0.1, -0.05) is 32.4 Å². The number of hydrogen-bond donors (Lipinski definition) is 3. The van der Waals surface area contributed by atoms with E-state index in [0.29, 0.717) is 37.8 Å². The number of halogens is 3. The molecule has 0 aromatic heterocycles. The maximum Gasteiger partial charge on any atom is 0.463 e. The van der Waals surface area contributed by atoms with Gasteiger partial charge in [-0.25, -0.2) is 4.39 Å². The van der Waals surface area contributed by atoms with E-state index in [4.69, 9.17) is 20.8 Å². The third-order valence-corrected chi connectivity index (χ3v) is 8.61. The molecule has 35 heavy (non-hydrogen) atoms. The molecule has 1 heterocycles. The zero-order chi connectivity index (χ0) is 23.8. The number of benzene rings is 1. The second-order valence-corrected chi connectivity index (χ2v) is 11.1. The Morgan fingerprint density at radius 3 is 2.51 bits per heavy atom. The predicted molar refractivity (Wildman–Crippen MR) is 142 cm³/mol. The van der Waals surface area contributed by atoms with Crippen LogP contribution in [0.1, 0.15) is 58.4 Å². The van der Waals surface area contributed by atoms with Gasteiger partial charge in [-0.05, 0) is 80.5 Å². The average molecular weight is 532 g/mol. The molecule has 4 aliphatic rings. The van der Waals surface area contributed by atoms with E-state index in [2.05, 4.69) is 26.1 Å². The topological polar surface area (TPSA) is 99.6 Å².